The molecule has 1 rings (SSSR count). The molecule has 2 N–H and O–H groups in total. The summed E-state index contributed by atoms with van der Waals surface area (Å²) >= 11 is 0. The zero-order chi connectivity index (χ0) is 13.9. The van der Waals surface area contributed by atoms with Gasteiger partial charge in [0.25, 0.3) is 0 Å². The summed E-state index contributed by atoms with van der Waals surface area (Å²) in [6.07, 6.45) is 0. The molecule has 0 spiro atoms. The Morgan fingerprint density at radius 1 is 1.50 bits per heavy atom. The van der Waals surface area contributed by atoms with Crippen molar-refractivity contribution in [1.29, 1.82) is 0 Å². The third kappa shape index (κ3) is 2.72. The number of nitrogens with zero attached hydrogens (tertiary/aromatic N) is 2. The predicted molar refractivity (Wildman–Crippen MR) is 64.1 cm³/mol. The molecule has 0 bridgehead atoms. The molecule has 1 aliphatic heterocycles. The molecule has 0 aromatic rings. The standard InChI is InChI=1S/C11H19N3O4/c1-4-13(7-8(15)16)10(18)14-6-5-12-9(17)11(14,2)3/h4-7H2,1-3H3,(H,12,17)(H,15,16). The summed E-state index contributed by atoms with van der Waals surface area (Å²) in [6.45, 7) is 5.70. The Labute approximate surface area is 106 Å². The molecule has 0 saturated carbocycles. The van der Waals surface area contributed by atoms with E-state index in [1.165, 1.54) is 9.80 Å². The number of nitrogens with one attached hydrogen (secondary N) is 1. The number of carboxylic acids is 1. The minimum Gasteiger partial charge on any atom is -0.480 e. The van der Waals surface area contributed by atoms with Gasteiger partial charge in [0, 0.05) is 19.6 Å². The SMILES string of the molecule is CCN(CC(=O)O)C(=O)N1CCNC(=O)C1(C)C. The number of hydrogen-bond acceptors (Lipinski definition) is 3. The van der Waals surface area contributed by atoms with Crippen LogP contribution in [0.5, 0.6) is 0 Å². The molecule has 0 unspecified atom stereocenters. The lowest BCUT2D eigenvalue weighted by Gasteiger charge is -2.43. The van der Waals surface area contributed by atoms with E-state index in [-0.39, 0.29) is 12.5 Å². The van der Waals surface area contributed by atoms with E-state index in [4.69, 9.17) is 5.11 Å². The highest BCUT2D eigenvalue weighted by molar-refractivity contribution is 5.92. The van der Waals surface area contributed by atoms with Gasteiger partial charge < -0.3 is 20.2 Å². The smallest absolute Gasteiger partial charge is 0.323 e. The van der Waals surface area contributed by atoms with Gasteiger partial charge in [-0.05, 0) is 20.8 Å². The fourth-order valence-electron chi connectivity index (χ4n) is 1.88. The molecule has 102 valence electrons. The van der Waals surface area contributed by atoms with Crippen molar-refractivity contribution in [2.24, 2.45) is 0 Å². The number of amides is 3. The summed E-state index contributed by atoms with van der Waals surface area (Å²) in [6, 6.07) is -0.417. The monoisotopic (exact) mass is 257 g/mol. The second kappa shape index (κ2) is 5.24. The normalized spacial score (nSPS) is 18.2. The molecule has 18 heavy (non-hydrogen) atoms. The van der Waals surface area contributed by atoms with Crippen molar-refractivity contribution in [1.82, 2.24) is 15.1 Å². The van der Waals surface area contributed by atoms with Crippen LogP contribution in [0.2, 0.25) is 0 Å². The van der Waals surface area contributed by atoms with Crippen molar-refractivity contribution in [3.05, 3.63) is 0 Å². The highest BCUT2D eigenvalue weighted by Gasteiger charge is 2.41. The molecule has 1 saturated heterocycles. The summed E-state index contributed by atoms with van der Waals surface area (Å²) in [4.78, 5) is 37.3. The van der Waals surface area contributed by atoms with Crippen LogP contribution in [0.4, 0.5) is 4.79 Å². The lowest BCUT2D eigenvalue weighted by Crippen LogP contribution is -2.65. The highest BCUT2D eigenvalue weighted by Crippen LogP contribution is 2.19. The van der Waals surface area contributed by atoms with Crippen molar-refractivity contribution in [3.8, 4) is 0 Å². The van der Waals surface area contributed by atoms with E-state index in [2.05, 4.69) is 5.32 Å². The van der Waals surface area contributed by atoms with Crippen LogP contribution in [0.1, 0.15) is 20.8 Å². The van der Waals surface area contributed by atoms with Crippen LogP contribution >= 0.6 is 0 Å². The first kappa shape index (κ1) is 14.3. The van der Waals surface area contributed by atoms with E-state index in [1.54, 1.807) is 20.8 Å². The zero-order valence-corrected chi connectivity index (χ0v) is 10.9. The first-order valence-corrected chi connectivity index (χ1v) is 5.87. The number of carbonyl (C=O) groups excluding carboxylic acids is 2. The van der Waals surface area contributed by atoms with Gasteiger partial charge in [-0.2, -0.15) is 0 Å². The largest absolute Gasteiger partial charge is 0.480 e. The molecule has 1 aliphatic rings. The fraction of sp³-hybridized carbons (Fsp3) is 0.727. The summed E-state index contributed by atoms with van der Waals surface area (Å²) in [5.41, 5.74) is -0.957. The summed E-state index contributed by atoms with van der Waals surface area (Å²) in [5, 5.41) is 11.4. The number of rotatable bonds is 3. The quantitative estimate of drug-likeness (QED) is 0.728. The maximum atomic E-state index is 12.2. The molecule has 1 fully saturated rings. The molecule has 0 aromatic heterocycles. The van der Waals surface area contributed by atoms with Crippen molar-refractivity contribution in [2.45, 2.75) is 26.3 Å². The molecule has 0 radical (unpaired) electrons. The van der Waals surface area contributed by atoms with Crippen molar-refractivity contribution < 1.29 is 19.5 Å². The predicted octanol–water partition coefficient (Wildman–Crippen LogP) is -0.277. The third-order valence-electron chi connectivity index (χ3n) is 3.06. The Morgan fingerprint density at radius 2 is 2.11 bits per heavy atom. The minimum absolute atomic E-state index is 0.228. The van der Waals surface area contributed by atoms with E-state index in [1.807, 2.05) is 0 Å². The summed E-state index contributed by atoms with van der Waals surface area (Å²) < 4.78 is 0. The van der Waals surface area contributed by atoms with Crippen LogP contribution in [-0.2, 0) is 9.59 Å². The molecule has 1 heterocycles. The van der Waals surface area contributed by atoms with Gasteiger partial charge in [-0.15, -0.1) is 0 Å². The van der Waals surface area contributed by atoms with Gasteiger partial charge in [-0.3, -0.25) is 9.59 Å². The van der Waals surface area contributed by atoms with Gasteiger partial charge in [0.2, 0.25) is 5.91 Å². The molecule has 0 atom stereocenters. The topological polar surface area (TPSA) is 90.0 Å². The maximum absolute atomic E-state index is 12.2. The van der Waals surface area contributed by atoms with Crippen molar-refractivity contribution in [2.75, 3.05) is 26.2 Å². The van der Waals surface area contributed by atoms with E-state index in [0.29, 0.717) is 19.6 Å². The van der Waals surface area contributed by atoms with Gasteiger partial charge in [0.15, 0.2) is 0 Å². The van der Waals surface area contributed by atoms with E-state index < -0.39 is 17.5 Å². The highest BCUT2D eigenvalue weighted by atomic mass is 16.4. The lowest BCUT2D eigenvalue weighted by atomic mass is 9.99. The van der Waals surface area contributed by atoms with Gasteiger partial charge >= 0.3 is 12.0 Å². The van der Waals surface area contributed by atoms with Crippen LogP contribution in [0.3, 0.4) is 0 Å². The van der Waals surface area contributed by atoms with Crippen LogP contribution < -0.4 is 5.32 Å². The number of aliphatic carboxylic acids is 1. The number of urea groups is 1. The maximum Gasteiger partial charge on any atom is 0.323 e. The Kier molecular flexibility index (Phi) is 4.15. The van der Waals surface area contributed by atoms with Gasteiger partial charge in [-0.25, -0.2) is 4.79 Å². The minimum atomic E-state index is -1.07. The Bertz CT molecular complexity index is 367. The molecule has 0 aliphatic carbocycles. The molecule has 3 amide bonds. The number of piperazine rings is 1. The summed E-state index contributed by atoms with van der Waals surface area (Å²) in [5.74, 6) is -1.29. The number of hydrogen-bond donors (Lipinski definition) is 2. The van der Waals surface area contributed by atoms with Crippen LogP contribution in [-0.4, -0.2) is 64.5 Å². The average molecular weight is 257 g/mol. The van der Waals surface area contributed by atoms with Crippen LogP contribution in [0.15, 0.2) is 0 Å². The number of carbonyl (C=O) groups is 3. The van der Waals surface area contributed by atoms with E-state index >= 15 is 0 Å². The number of carboxylic acid groups (broad SMARTS) is 1. The van der Waals surface area contributed by atoms with Crippen molar-refractivity contribution >= 4 is 17.9 Å². The average Bonchev–Trinajstić information content (AvgIpc) is 2.28. The second-order valence-corrected chi connectivity index (χ2v) is 4.66. The van der Waals surface area contributed by atoms with Gasteiger partial charge in [-0.1, -0.05) is 0 Å². The Morgan fingerprint density at radius 3 is 2.61 bits per heavy atom. The van der Waals surface area contributed by atoms with E-state index in [9.17, 15) is 14.4 Å². The Balaban J connectivity index is 2.87. The molecule has 7 nitrogen and oxygen atoms in total. The Hall–Kier alpha value is -1.79. The summed E-state index contributed by atoms with van der Waals surface area (Å²) in [7, 11) is 0. The van der Waals surface area contributed by atoms with Crippen molar-refractivity contribution in [3.63, 3.8) is 0 Å². The second-order valence-electron chi connectivity index (χ2n) is 4.66. The molecule has 7 heteroatoms. The van der Waals surface area contributed by atoms with Crippen LogP contribution in [0, 0.1) is 0 Å². The van der Waals surface area contributed by atoms with E-state index in [0.717, 1.165) is 0 Å². The first-order chi connectivity index (χ1) is 8.30. The van der Waals surface area contributed by atoms with Crippen LogP contribution in [0.25, 0.3) is 0 Å². The molecular formula is C11H19N3O4. The fourth-order valence-corrected chi connectivity index (χ4v) is 1.88. The first-order valence-electron chi connectivity index (χ1n) is 5.87. The van der Waals surface area contributed by atoms with Gasteiger partial charge in [0.05, 0.1) is 0 Å². The lowest BCUT2D eigenvalue weighted by molar-refractivity contribution is -0.138. The zero-order valence-electron chi connectivity index (χ0n) is 10.9. The van der Waals surface area contributed by atoms with Gasteiger partial charge in [0.1, 0.15) is 12.1 Å². The molecule has 0 aromatic carbocycles. The number of likely N-dealkylation sites (N-methyl/N-ethyl adjacent to an activating group) is 1. The molecular weight excluding hydrogens is 238 g/mol. The third-order valence-corrected chi connectivity index (χ3v) is 3.06.